The molecule has 0 bridgehead atoms. The third-order valence-corrected chi connectivity index (χ3v) is 5.58. The Morgan fingerprint density at radius 1 is 1.00 bits per heavy atom. The summed E-state index contributed by atoms with van der Waals surface area (Å²) in [5, 5.41) is 6.14. The van der Waals surface area contributed by atoms with Crippen molar-refractivity contribution >= 4 is 11.8 Å². The number of hydrogen-bond donors (Lipinski definition) is 4. The highest BCUT2D eigenvalue weighted by Gasteiger charge is 2.28. The van der Waals surface area contributed by atoms with Crippen LogP contribution in [0.4, 0.5) is 0 Å². The van der Waals surface area contributed by atoms with Gasteiger partial charge in [0.1, 0.15) is 26.2 Å². The van der Waals surface area contributed by atoms with Crippen LogP contribution in [0.25, 0.3) is 0 Å². The standard InChI is InChI=1S/C19H32N4O2/c24-18(20-9-8-16-4-2-1-3-5-16)14-22-10-12-23(13-11-22)15-19(25)21-17-6-7-17/h4,17H,1-3,5-15H2,(H,20,24)(H,21,25)/p+2. The molecule has 6 nitrogen and oxygen atoms in total. The Morgan fingerprint density at radius 2 is 1.68 bits per heavy atom. The Bertz CT molecular complexity index is 494. The van der Waals surface area contributed by atoms with Crippen LogP contribution in [0.2, 0.25) is 0 Å². The van der Waals surface area contributed by atoms with Crippen LogP contribution in [0.5, 0.6) is 0 Å². The SMILES string of the molecule is O=C(C[NH+]1CC[NH+](CC(=O)NC2CC2)CC1)NCCC1=CCCCC1. The van der Waals surface area contributed by atoms with Gasteiger partial charge in [0, 0.05) is 12.6 Å². The van der Waals surface area contributed by atoms with Crippen molar-refractivity contribution in [2.75, 3.05) is 45.8 Å². The zero-order valence-electron chi connectivity index (χ0n) is 15.4. The fourth-order valence-corrected chi connectivity index (χ4v) is 3.83. The molecule has 6 heteroatoms. The first-order valence-corrected chi connectivity index (χ1v) is 10.1. The highest BCUT2D eigenvalue weighted by Crippen LogP contribution is 2.19. The summed E-state index contributed by atoms with van der Waals surface area (Å²) in [6.07, 6.45) is 10.7. The van der Waals surface area contributed by atoms with E-state index in [1.54, 1.807) is 0 Å². The maximum Gasteiger partial charge on any atom is 0.275 e. The second kappa shape index (κ2) is 9.34. The average molecular weight is 351 g/mol. The molecule has 3 rings (SSSR count). The smallest absolute Gasteiger partial charge is 0.275 e. The van der Waals surface area contributed by atoms with Gasteiger partial charge in [-0.2, -0.15) is 0 Å². The molecule has 1 saturated carbocycles. The topological polar surface area (TPSA) is 67.1 Å². The fourth-order valence-electron chi connectivity index (χ4n) is 3.83. The fraction of sp³-hybridized carbons (Fsp3) is 0.789. The molecule has 0 radical (unpaired) electrons. The van der Waals surface area contributed by atoms with Crippen LogP contribution < -0.4 is 20.4 Å². The molecule has 0 aromatic carbocycles. The summed E-state index contributed by atoms with van der Waals surface area (Å²) in [7, 11) is 0. The third kappa shape index (κ3) is 6.78. The molecule has 0 aromatic rings. The molecule has 1 aliphatic heterocycles. The summed E-state index contributed by atoms with van der Waals surface area (Å²) in [6.45, 7) is 5.85. The van der Waals surface area contributed by atoms with E-state index in [9.17, 15) is 9.59 Å². The van der Waals surface area contributed by atoms with Gasteiger partial charge < -0.3 is 20.4 Å². The van der Waals surface area contributed by atoms with Crippen molar-refractivity contribution < 1.29 is 19.4 Å². The first kappa shape index (κ1) is 18.4. The first-order valence-electron chi connectivity index (χ1n) is 10.1. The summed E-state index contributed by atoms with van der Waals surface area (Å²) in [5.41, 5.74) is 1.51. The number of nitrogens with one attached hydrogen (secondary N) is 4. The Labute approximate surface area is 151 Å². The Morgan fingerprint density at radius 3 is 2.28 bits per heavy atom. The van der Waals surface area contributed by atoms with Gasteiger partial charge in [0.15, 0.2) is 13.1 Å². The van der Waals surface area contributed by atoms with E-state index in [4.69, 9.17) is 0 Å². The van der Waals surface area contributed by atoms with Gasteiger partial charge in [-0.15, -0.1) is 0 Å². The summed E-state index contributed by atoms with van der Waals surface area (Å²) < 4.78 is 0. The third-order valence-electron chi connectivity index (χ3n) is 5.58. The van der Waals surface area contributed by atoms with Crippen LogP contribution >= 0.6 is 0 Å². The van der Waals surface area contributed by atoms with Crippen LogP contribution in [0.3, 0.4) is 0 Å². The lowest BCUT2D eigenvalue weighted by molar-refractivity contribution is -1.00. The summed E-state index contributed by atoms with van der Waals surface area (Å²) in [5.74, 6) is 0.358. The van der Waals surface area contributed by atoms with E-state index in [0.717, 1.165) is 52.0 Å². The highest BCUT2D eigenvalue weighted by atomic mass is 16.2. The molecule has 2 aliphatic carbocycles. The van der Waals surface area contributed by atoms with Crippen molar-refractivity contribution in [3.63, 3.8) is 0 Å². The lowest BCUT2D eigenvalue weighted by Gasteiger charge is -2.29. The van der Waals surface area contributed by atoms with Crippen molar-refractivity contribution in [2.45, 2.75) is 51.0 Å². The quantitative estimate of drug-likeness (QED) is 0.385. The summed E-state index contributed by atoms with van der Waals surface area (Å²) in [6, 6.07) is 0.451. The molecule has 1 heterocycles. The number of rotatable bonds is 8. The molecule has 1 saturated heterocycles. The van der Waals surface area contributed by atoms with Crippen LogP contribution in [0.1, 0.15) is 44.9 Å². The summed E-state index contributed by atoms with van der Waals surface area (Å²) >= 11 is 0. The number of carbonyl (C=O) groups excluding carboxylic acids is 2. The molecule has 0 unspecified atom stereocenters. The van der Waals surface area contributed by atoms with Crippen LogP contribution in [-0.2, 0) is 9.59 Å². The van der Waals surface area contributed by atoms with E-state index in [0.29, 0.717) is 19.1 Å². The minimum absolute atomic E-state index is 0.168. The molecule has 0 spiro atoms. The van der Waals surface area contributed by atoms with E-state index in [1.807, 2.05) is 0 Å². The van der Waals surface area contributed by atoms with E-state index < -0.39 is 0 Å². The van der Waals surface area contributed by atoms with E-state index in [1.165, 1.54) is 41.1 Å². The predicted octanol–water partition coefficient (Wildman–Crippen LogP) is -1.94. The van der Waals surface area contributed by atoms with Crippen molar-refractivity contribution in [2.24, 2.45) is 0 Å². The first-order chi connectivity index (χ1) is 12.2. The number of amides is 2. The normalized spacial score (nSPS) is 26.6. The molecule has 3 aliphatic rings. The van der Waals surface area contributed by atoms with Gasteiger partial charge in [-0.1, -0.05) is 11.6 Å². The second-order valence-electron chi connectivity index (χ2n) is 7.90. The number of hydrogen-bond acceptors (Lipinski definition) is 2. The minimum Gasteiger partial charge on any atom is -0.351 e. The number of quaternary nitrogens is 2. The lowest BCUT2D eigenvalue weighted by atomic mass is 9.97. The molecule has 0 atom stereocenters. The van der Waals surface area contributed by atoms with Crippen molar-refractivity contribution in [1.29, 1.82) is 0 Å². The van der Waals surface area contributed by atoms with Gasteiger partial charge in [-0.3, -0.25) is 9.59 Å². The molecular formula is C19H34N4O2+2. The molecule has 4 N–H and O–H groups in total. The lowest BCUT2D eigenvalue weighted by Crippen LogP contribution is -3.28. The average Bonchev–Trinajstić information content (AvgIpc) is 3.41. The van der Waals surface area contributed by atoms with Crippen LogP contribution in [0, 0.1) is 0 Å². The zero-order valence-corrected chi connectivity index (χ0v) is 15.4. The molecule has 2 fully saturated rings. The molecule has 25 heavy (non-hydrogen) atoms. The maximum atomic E-state index is 12.1. The maximum absolute atomic E-state index is 12.1. The number of carbonyl (C=O) groups is 2. The summed E-state index contributed by atoms with van der Waals surface area (Å²) in [4.78, 5) is 26.7. The second-order valence-corrected chi connectivity index (χ2v) is 7.90. The molecule has 140 valence electrons. The van der Waals surface area contributed by atoms with Gasteiger partial charge in [0.2, 0.25) is 0 Å². The van der Waals surface area contributed by atoms with Gasteiger partial charge >= 0.3 is 0 Å². The minimum atomic E-state index is 0.168. The van der Waals surface area contributed by atoms with E-state index in [2.05, 4.69) is 16.7 Å². The Balaban J connectivity index is 1.25. The van der Waals surface area contributed by atoms with E-state index in [-0.39, 0.29) is 11.8 Å². The largest absolute Gasteiger partial charge is 0.351 e. The predicted molar refractivity (Wildman–Crippen MR) is 96.5 cm³/mol. The monoisotopic (exact) mass is 350 g/mol. The molecular weight excluding hydrogens is 316 g/mol. The van der Waals surface area contributed by atoms with Gasteiger partial charge in [0.25, 0.3) is 11.8 Å². The van der Waals surface area contributed by atoms with Crippen molar-refractivity contribution in [3.05, 3.63) is 11.6 Å². The Hall–Kier alpha value is -1.40. The van der Waals surface area contributed by atoms with Crippen LogP contribution in [0.15, 0.2) is 11.6 Å². The van der Waals surface area contributed by atoms with Crippen molar-refractivity contribution in [3.8, 4) is 0 Å². The number of piperazine rings is 1. The molecule has 2 amide bonds. The van der Waals surface area contributed by atoms with Crippen molar-refractivity contribution in [1.82, 2.24) is 10.6 Å². The number of allylic oxidation sites excluding steroid dienone is 1. The molecule has 0 aromatic heterocycles. The van der Waals surface area contributed by atoms with Gasteiger partial charge in [-0.25, -0.2) is 0 Å². The van der Waals surface area contributed by atoms with Gasteiger partial charge in [-0.05, 0) is 44.9 Å². The zero-order chi connectivity index (χ0) is 17.5. The Kier molecular flexibility index (Phi) is 6.87. The van der Waals surface area contributed by atoms with Crippen LogP contribution in [-0.4, -0.2) is 63.7 Å². The highest BCUT2D eigenvalue weighted by molar-refractivity contribution is 5.77. The van der Waals surface area contributed by atoms with Gasteiger partial charge in [0.05, 0.1) is 0 Å². The van der Waals surface area contributed by atoms with E-state index >= 15 is 0 Å².